The molecule has 0 unspecified atom stereocenters. The average molecular weight is 348 g/mol. The molecule has 0 bridgehead atoms. The normalized spacial score (nSPS) is 11.0. The molecule has 1 amide bonds. The molecule has 0 aliphatic heterocycles. The molecule has 0 heterocycles. The number of ether oxygens (including phenoxy) is 1. The first-order valence-electron chi connectivity index (χ1n) is 7.43. The van der Waals surface area contributed by atoms with Crippen LogP contribution >= 0.6 is 0 Å². The largest absolute Gasteiger partial charge is 0.495 e. The average Bonchev–Trinajstić information content (AvgIpc) is 2.61. The van der Waals surface area contributed by atoms with Crippen molar-refractivity contribution in [2.24, 2.45) is 0 Å². The van der Waals surface area contributed by atoms with Gasteiger partial charge in [-0.05, 0) is 42.3 Å². The molecule has 0 saturated carbocycles. The van der Waals surface area contributed by atoms with Crippen LogP contribution in [-0.4, -0.2) is 28.5 Å². The van der Waals surface area contributed by atoms with Crippen LogP contribution in [0.3, 0.4) is 0 Å². The number of carbonyl (C=O) groups excluding carboxylic acids is 1. The summed E-state index contributed by atoms with van der Waals surface area (Å²) in [5, 5.41) is 2.50. The first kappa shape index (κ1) is 17.8. The SMILES string of the molecule is CCc1ccc(S(=O)(=O)Nc2ccc(C(=O)NC)cc2OC)cc1. The number of hydrogen-bond donors (Lipinski definition) is 2. The van der Waals surface area contributed by atoms with E-state index in [-0.39, 0.29) is 22.2 Å². The Morgan fingerprint density at radius 2 is 1.79 bits per heavy atom. The Morgan fingerprint density at radius 1 is 1.12 bits per heavy atom. The van der Waals surface area contributed by atoms with Crippen molar-refractivity contribution < 1.29 is 17.9 Å². The number of methoxy groups -OCH3 is 1. The Hall–Kier alpha value is -2.54. The third kappa shape index (κ3) is 3.86. The van der Waals surface area contributed by atoms with Gasteiger partial charge in [0.15, 0.2) is 0 Å². The molecule has 128 valence electrons. The molecule has 24 heavy (non-hydrogen) atoms. The lowest BCUT2D eigenvalue weighted by molar-refractivity contribution is 0.0963. The summed E-state index contributed by atoms with van der Waals surface area (Å²) in [6.07, 6.45) is 0.836. The summed E-state index contributed by atoms with van der Waals surface area (Å²) < 4.78 is 32.7. The van der Waals surface area contributed by atoms with Crippen LogP contribution in [0.25, 0.3) is 0 Å². The summed E-state index contributed by atoms with van der Waals surface area (Å²) in [5.74, 6) is -0.0114. The Kier molecular flexibility index (Phi) is 5.46. The van der Waals surface area contributed by atoms with Gasteiger partial charge in [0.05, 0.1) is 17.7 Å². The lowest BCUT2D eigenvalue weighted by Crippen LogP contribution is -2.18. The van der Waals surface area contributed by atoms with Crippen LogP contribution in [-0.2, 0) is 16.4 Å². The predicted molar refractivity (Wildman–Crippen MR) is 93.0 cm³/mol. The van der Waals surface area contributed by atoms with Crippen LogP contribution in [0, 0.1) is 0 Å². The molecular weight excluding hydrogens is 328 g/mol. The summed E-state index contributed by atoms with van der Waals surface area (Å²) in [7, 11) is -0.807. The summed E-state index contributed by atoms with van der Waals surface area (Å²) in [4.78, 5) is 11.8. The maximum absolute atomic E-state index is 12.5. The number of benzene rings is 2. The molecule has 0 aliphatic rings. The van der Waals surface area contributed by atoms with E-state index in [4.69, 9.17) is 4.74 Å². The van der Waals surface area contributed by atoms with Gasteiger partial charge in [0.2, 0.25) is 0 Å². The Balaban J connectivity index is 2.33. The smallest absolute Gasteiger partial charge is 0.262 e. The minimum atomic E-state index is -3.74. The van der Waals surface area contributed by atoms with Crippen LogP contribution in [0.4, 0.5) is 5.69 Å². The van der Waals surface area contributed by atoms with Crippen molar-refractivity contribution in [3.63, 3.8) is 0 Å². The van der Waals surface area contributed by atoms with Gasteiger partial charge in [0.25, 0.3) is 15.9 Å². The van der Waals surface area contributed by atoms with Gasteiger partial charge in [-0.1, -0.05) is 19.1 Å². The predicted octanol–water partition coefficient (Wildman–Crippen LogP) is 2.42. The maximum Gasteiger partial charge on any atom is 0.262 e. The van der Waals surface area contributed by atoms with E-state index in [9.17, 15) is 13.2 Å². The van der Waals surface area contributed by atoms with Crippen molar-refractivity contribution in [3.8, 4) is 5.75 Å². The first-order chi connectivity index (χ1) is 11.4. The number of hydrogen-bond acceptors (Lipinski definition) is 4. The fourth-order valence-corrected chi connectivity index (χ4v) is 3.24. The van der Waals surface area contributed by atoms with Gasteiger partial charge in [-0.15, -0.1) is 0 Å². The second-order valence-corrected chi connectivity index (χ2v) is 6.78. The fourth-order valence-electron chi connectivity index (χ4n) is 2.17. The quantitative estimate of drug-likeness (QED) is 0.840. The Labute approximate surface area is 141 Å². The fraction of sp³-hybridized carbons (Fsp3) is 0.235. The Bertz CT molecular complexity index is 830. The topological polar surface area (TPSA) is 84.5 Å². The molecule has 0 aliphatic carbocycles. The number of rotatable bonds is 6. The van der Waals surface area contributed by atoms with Crippen molar-refractivity contribution >= 4 is 21.6 Å². The second kappa shape index (κ2) is 7.35. The van der Waals surface area contributed by atoms with E-state index in [2.05, 4.69) is 10.0 Å². The highest BCUT2D eigenvalue weighted by Gasteiger charge is 2.17. The van der Waals surface area contributed by atoms with Gasteiger partial charge in [-0.2, -0.15) is 0 Å². The number of amides is 1. The van der Waals surface area contributed by atoms with E-state index >= 15 is 0 Å². The first-order valence-corrected chi connectivity index (χ1v) is 8.91. The molecule has 0 fully saturated rings. The maximum atomic E-state index is 12.5. The molecular formula is C17H20N2O4S. The van der Waals surface area contributed by atoms with Gasteiger partial charge >= 0.3 is 0 Å². The summed E-state index contributed by atoms with van der Waals surface area (Å²) in [6, 6.07) is 11.2. The number of anilines is 1. The third-order valence-corrected chi connectivity index (χ3v) is 4.96. The van der Waals surface area contributed by atoms with Crippen LogP contribution < -0.4 is 14.8 Å². The van der Waals surface area contributed by atoms with Crippen molar-refractivity contribution in [2.45, 2.75) is 18.2 Å². The number of carbonyl (C=O) groups is 1. The molecule has 2 aromatic rings. The molecule has 0 atom stereocenters. The molecule has 2 aromatic carbocycles. The van der Waals surface area contributed by atoms with Crippen molar-refractivity contribution in [1.82, 2.24) is 5.32 Å². The van der Waals surface area contributed by atoms with Gasteiger partial charge in [-0.3, -0.25) is 9.52 Å². The molecule has 6 nitrogen and oxygen atoms in total. The Morgan fingerprint density at radius 3 is 2.33 bits per heavy atom. The zero-order chi connectivity index (χ0) is 17.7. The highest BCUT2D eigenvalue weighted by Crippen LogP contribution is 2.28. The lowest BCUT2D eigenvalue weighted by Gasteiger charge is -2.13. The van der Waals surface area contributed by atoms with E-state index in [1.807, 2.05) is 6.92 Å². The van der Waals surface area contributed by atoms with Gasteiger partial charge in [-0.25, -0.2) is 8.42 Å². The van der Waals surface area contributed by atoms with E-state index < -0.39 is 10.0 Å². The molecule has 7 heteroatoms. The highest BCUT2D eigenvalue weighted by atomic mass is 32.2. The third-order valence-electron chi connectivity index (χ3n) is 3.58. The van der Waals surface area contributed by atoms with Gasteiger partial charge < -0.3 is 10.1 Å². The minimum Gasteiger partial charge on any atom is -0.495 e. The van der Waals surface area contributed by atoms with E-state index in [1.54, 1.807) is 24.3 Å². The van der Waals surface area contributed by atoms with Crippen molar-refractivity contribution in [1.29, 1.82) is 0 Å². The van der Waals surface area contributed by atoms with Crippen LogP contribution in [0.1, 0.15) is 22.8 Å². The zero-order valence-corrected chi connectivity index (χ0v) is 14.6. The number of sulfonamides is 1. The standard InChI is InChI=1S/C17H20N2O4S/c1-4-12-5-8-14(9-6-12)24(21,22)19-15-10-7-13(17(20)18-2)11-16(15)23-3/h5-11,19H,4H2,1-3H3,(H,18,20). The molecule has 0 radical (unpaired) electrons. The summed E-state index contributed by atoms with van der Waals surface area (Å²) in [5.41, 5.74) is 1.70. The molecule has 2 rings (SSSR count). The zero-order valence-electron chi connectivity index (χ0n) is 13.8. The molecule has 0 aromatic heterocycles. The summed E-state index contributed by atoms with van der Waals surface area (Å²) in [6.45, 7) is 2.00. The highest BCUT2D eigenvalue weighted by molar-refractivity contribution is 7.92. The van der Waals surface area contributed by atoms with Crippen molar-refractivity contribution in [3.05, 3.63) is 53.6 Å². The van der Waals surface area contributed by atoms with Gasteiger partial charge in [0, 0.05) is 12.6 Å². The van der Waals surface area contributed by atoms with Crippen LogP contribution in [0.5, 0.6) is 5.75 Å². The minimum absolute atomic E-state index is 0.164. The number of aryl methyl sites for hydroxylation is 1. The lowest BCUT2D eigenvalue weighted by atomic mass is 10.2. The monoisotopic (exact) mass is 348 g/mol. The summed E-state index contributed by atoms with van der Waals surface area (Å²) >= 11 is 0. The number of nitrogens with one attached hydrogen (secondary N) is 2. The van der Waals surface area contributed by atoms with E-state index in [1.165, 1.54) is 32.4 Å². The molecule has 2 N–H and O–H groups in total. The van der Waals surface area contributed by atoms with Crippen molar-refractivity contribution in [2.75, 3.05) is 18.9 Å². The second-order valence-electron chi connectivity index (χ2n) is 5.10. The van der Waals surface area contributed by atoms with Crippen LogP contribution in [0.2, 0.25) is 0 Å². The van der Waals surface area contributed by atoms with E-state index in [0.29, 0.717) is 5.56 Å². The molecule has 0 saturated heterocycles. The van der Waals surface area contributed by atoms with Gasteiger partial charge in [0.1, 0.15) is 5.75 Å². The van der Waals surface area contributed by atoms with Crippen LogP contribution in [0.15, 0.2) is 47.4 Å². The van der Waals surface area contributed by atoms with E-state index in [0.717, 1.165) is 12.0 Å². The molecule has 0 spiro atoms.